The molecular weight excluding hydrogens is 302 g/mol. The summed E-state index contributed by atoms with van der Waals surface area (Å²) >= 11 is 0. The maximum absolute atomic E-state index is 12.7. The molecule has 0 bridgehead atoms. The maximum Gasteiger partial charge on any atom is 0.292 e. The molecule has 1 aliphatic rings. The normalized spacial score (nSPS) is 16.3. The monoisotopic (exact) mass is 327 g/mol. The summed E-state index contributed by atoms with van der Waals surface area (Å²) in [5.41, 5.74) is 2.85. The molecule has 1 aliphatic heterocycles. The molecule has 3 rings (SSSR count). The highest BCUT2D eigenvalue weighted by molar-refractivity contribution is 5.92. The molecule has 1 aromatic heterocycles. The van der Waals surface area contributed by atoms with Crippen LogP contribution in [0.3, 0.4) is 0 Å². The summed E-state index contributed by atoms with van der Waals surface area (Å²) in [6.07, 6.45) is 2.02. The first-order chi connectivity index (χ1) is 11.6. The van der Waals surface area contributed by atoms with E-state index >= 15 is 0 Å². The van der Waals surface area contributed by atoms with E-state index in [1.807, 2.05) is 43.1 Å². The Hall–Kier alpha value is -2.14. The number of nitrogens with zero attached hydrogens (tertiary/aromatic N) is 3. The number of rotatable bonds is 4. The Morgan fingerprint density at radius 1 is 1.29 bits per heavy atom. The lowest BCUT2D eigenvalue weighted by atomic mass is 10.0. The van der Waals surface area contributed by atoms with Gasteiger partial charge in [0.15, 0.2) is 0 Å². The van der Waals surface area contributed by atoms with E-state index in [0.29, 0.717) is 11.5 Å². The fraction of sp³-hybridized carbons (Fsp3) is 0.474. The number of benzene rings is 1. The van der Waals surface area contributed by atoms with Crippen molar-refractivity contribution < 1.29 is 9.32 Å². The molecule has 0 spiro atoms. The predicted octanol–water partition coefficient (Wildman–Crippen LogP) is 3.21. The van der Waals surface area contributed by atoms with Crippen LogP contribution in [0.4, 0.5) is 0 Å². The van der Waals surface area contributed by atoms with Crippen LogP contribution in [0.5, 0.6) is 0 Å². The Labute approximate surface area is 143 Å². The Kier molecular flexibility index (Phi) is 5.00. The summed E-state index contributed by atoms with van der Waals surface area (Å²) in [7, 11) is 1.86. The molecular formula is C19H25N3O2. The molecule has 1 saturated heterocycles. The summed E-state index contributed by atoms with van der Waals surface area (Å²) in [4.78, 5) is 16.9. The summed E-state index contributed by atoms with van der Waals surface area (Å²) in [6.45, 7) is 7.39. The van der Waals surface area contributed by atoms with Crippen LogP contribution in [0.1, 0.15) is 35.9 Å². The topological polar surface area (TPSA) is 49.6 Å². The quantitative estimate of drug-likeness (QED) is 0.865. The number of piperidine rings is 1. The van der Waals surface area contributed by atoms with Gasteiger partial charge in [-0.3, -0.25) is 4.79 Å². The highest BCUT2D eigenvalue weighted by Gasteiger charge is 2.27. The molecule has 1 amide bonds. The van der Waals surface area contributed by atoms with Crippen LogP contribution in [0.15, 0.2) is 34.9 Å². The molecule has 0 saturated carbocycles. The van der Waals surface area contributed by atoms with E-state index in [1.165, 1.54) is 5.56 Å². The standard InChI is InChI=1S/C19H25N3O2/c1-4-22-11-9-16(10-12-22)21(3)19(23)18-13-17(20-24-18)15-7-5-14(2)6-8-15/h5-8,13,16H,4,9-12H2,1-3H3. The fourth-order valence-electron chi connectivity index (χ4n) is 3.20. The van der Waals surface area contributed by atoms with Crippen molar-refractivity contribution >= 4 is 5.91 Å². The number of carbonyl (C=O) groups is 1. The molecule has 24 heavy (non-hydrogen) atoms. The second kappa shape index (κ2) is 7.18. The van der Waals surface area contributed by atoms with Crippen molar-refractivity contribution in [2.45, 2.75) is 32.7 Å². The van der Waals surface area contributed by atoms with Crippen LogP contribution in [-0.4, -0.2) is 53.6 Å². The highest BCUT2D eigenvalue weighted by Crippen LogP contribution is 2.22. The first-order valence-electron chi connectivity index (χ1n) is 8.61. The summed E-state index contributed by atoms with van der Waals surface area (Å²) in [5.74, 6) is 0.224. The second-order valence-corrected chi connectivity index (χ2v) is 6.52. The summed E-state index contributed by atoms with van der Waals surface area (Å²) in [6, 6.07) is 10.0. The third kappa shape index (κ3) is 3.51. The number of likely N-dealkylation sites (tertiary alicyclic amines) is 1. The van der Waals surface area contributed by atoms with Crippen LogP contribution < -0.4 is 0 Å². The van der Waals surface area contributed by atoms with E-state index in [4.69, 9.17) is 4.52 Å². The Bertz CT molecular complexity index is 685. The Morgan fingerprint density at radius 3 is 2.58 bits per heavy atom. The molecule has 1 aromatic carbocycles. The van der Waals surface area contributed by atoms with Gasteiger partial charge in [-0.1, -0.05) is 41.9 Å². The minimum Gasteiger partial charge on any atom is -0.350 e. The first kappa shape index (κ1) is 16.7. The van der Waals surface area contributed by atoms with Gasteiger partial charge in [-0.2, -0.15) is 0 Å². The van der Waals surface area contributed by atoms with Crippen molar-refractivity contribution in [2.24, 2.45) is 0 Å². The number of aryl methyl sites for hydroxylation is 1. The molecule has 5 nitrogen and oxygen atoms in total. The van der Waals surface area contributed by atoms with Gasteiger partial charge in [0, 0.05) is 37.8 Å². The second-order valence-electron chi connectivity index (χ2n) is 6.52. The van der Waals surface area contributed by atoms with Crippen molar-refractivity contribution in [1.29, 1.82) is 0 Å². The zero-order valence-electron chi connectivity index (χ0n) is 14.7. The molecule has 5 heteroatoms. The van der Waals surface area contributed by atoms with Crippen LogP contribution in [-0.2, 0) is 0 Å². The van der Waals surface area contributed by atoms with Crippen LogP contribution in [0, 0.1) is 6.92 Å². The molecule has 2 aromatic rings. The van der Waals surface area contributed by atoms with Gasteiger partial charge in [-0.05, 0) is 26.3 Å². The summed E-state index contributed by atoms with van der Waals surface area (Å²) < 4.78 is 5.31. The lowest BCUT2D eigenvalue weighted by Crippen LogP contribution is -2.45. The maximum atomic E-state index is 12.7. The van der Waals surface area contributed by atoms with Crippen molar-refractivity contribution in [2.75, 3.05) is 26.7 Å². The van der Waals surface area contributed by atoms with E-state index in [9.17, 15) is 4.79 Å². The average molecular weight is 327 g/mol. The van der Waals surface area contributed by atoms with E-state index in [0.717, 1.165) is 38.0 Å². The van der Waals surface area contributed by atoms with E-state index in [-0.39, 0.29) is 11.9 Å². The van der Waals surface area contributed by atoms with E-state index in [2.05, 4.69) is 17.0 Å². The minimum absolute atomic E-state index is 0.0872. The highest BCUT2D eigenvalue weighted by atomic mass is 16.5. The Morgan fingerprint density at radius 2 is 1.96 bits per heavy atom. The van der Waals surface area contributed by atoms with Crippen molar-refractivity contribution in [3.63, 3.8) is 0 Å². The number of hydrogen-bond donors (Lipinski definition) is 0. The molecule has 0 aliphatic carbocycles. The molecule has 1 fully saturated rings. The average Bonchev–Trinajstić information content (AvgIpc) is 3.11. The van der Waals surface area contributed by atoms with Gasteiger partial charge in [0.1, 0.15) is 5.69 Å². The van der Waals surface area contributed by atoms with Crippen LogP contribution >= 0.6 is 0 Å². The van der Waals surface area contributed by atoms with Gasteiger partial charge >= 0.3 is 0 Å². The lowest BCUT2D eigenvalue weighted by Gasteiger charge is -2.35. The van der Waals surface area contributed by atoms with Gasteiger partial charge in [0.25, 0.3) is 5.91 Å². The van der Waals surface area contributed by atoms with Gasteiger partial charge in [-0.25, -0.2) is 0 Å². The number of carbonyl (C=O) groups excluding carboxylic acids is 1. The lowest BCUT2D eigenvalue weighted by molar-refractivity contribution is 0.0607. The molecule has 2 heterocycles. The van der Waals surface area contributed by atoms with Crippen molar-refractivity contribution in [3.05, 3.63) is 41.7 Å². The summed E-state index contributed by atoms with van der Waals surface area (Å²) in [5, 5.41) is 4.06. The zero-order chi connectivity index (χ0) is 17.1. The fourth-order valence-corrected chi connectivity index (χ4v) is 3.20. The van der Waals surface area contributed by atoms with Gasteiger partial charge in [-0.15, -0.1) is 0 Å². The van der Waals surface area contributed by atoms with E-state index in [1.54, 1.807) is 6.07 Å². The molecule has 0 radical (unpaired) electrons. The third-order valence-electron chi connectivity index (χ3n) is 4.94. The first-order valence-corrected chi connectivity index (χ1v) is 8.61. The third-order valence-corrected chi connectivity index (χ3v) is 4.94. The molecule has 128 valence electrons. The van der Waals surface area contributed by atoms with Gasteiger partial charge < -0.3 is 14.3 Å². The molecule has 0 unspecified atom stereocenters. The largest absolute Gasteiger partial charge is 0.350 e. The zero-order valence-corrected chi connectivity index (χ0v) is 14.7. The Balaban J connectivity index is 1.68. The molecule has 0 atom stereocenters. The predicted molar refractivity (Wildman–Crippen MR) is 93.9 cm³/mol. The van der Waals surface area contributed by atoms with Crippen molar-refractivity contribution in [3.8, 4) is 11.3 Å². The van der Waals surface area contributed by atoms with Crippen LogP contribution in [0.2, 0.25) is 0 Å². The number of hydrogen-bond acceptors (Lipinski definition) is 4. The van der Waals surface area contributed by atoms with E-state index < -0.39 is 0 Å². The SMILES string of the molecule is CCN1CCC(N(C)C(=O)c2cc(-c3ccc(C)cc3)no2)CC1. The smallest absolute Gasteiger partial charge is 0.292 e. The number of amides is 1. The van der Waals surface area contributed by atoms with Gasteiger partial charge in [0.05, 0.1) is 0 Å². The molecule has 0 N–H and O–H groups in total. The van der Waals surface area contributed by atoms with Crippen LogP contribution in [0.25, 0.3) is 11.3 Å². The number of aromatic nitrogens is 1. The van der Waals surface area contributed by atoms with Gasteiger partial charge in [0.2, 0.25) is 5.76 Å². The van der Waals surface area contributed by atoms with Crippen molar-refractivity contribution in [1.82, 2.24) is 15.0 Å². The minimum atomic E-state index is -0.0872.